The molecule has 10 heteroatoms. The van der Waals surface area contributed by atoms with Gasteiger partial charge in [0, 0.05) is 44.8 Å². The number of unbranched alkanes of at least 4 members (excludes halogenated alkanes) is 2. The summed E-state index contributed by atoms with van der Waals surface area (Å²) in [7, 11) is 0. The van der Waals surface area contributed by atoms with Gasteiger partial charge in [0.05, 0.1) is 17.2 Å². The minimum absolute atomic E-state index is 0.0166. The minimum atomic E-state index is -4.36. The van der Waals surface area contributed by atoms with Crippen LogP contribution in [0.25, 0.3) is 0 Å². The number of hydrogen-bond donors (Lipinski definition) is 1. The molecule has 1 aliphatic carbocycles. The maximum Gasteiger partial charge on any atom is 0.416 e. The molecule has 1 atom stereocenters. The van der Waals surface area contributed by atoms with Gasteiger partial charge in [0.1, 0.15) is 5.84 Å². The Bertz CT molecular complexity index is 1070. The van der Waals surface area contributed by atoms with Crippen LogP contribution < -0.4 is 10.2 Å². The number of halogens is 3. The van der Waals surface area contributed by atoms with Crippen LogP contribution in [-0.4, -0.2) is 60.2 Å². The van der Waals surface area contributed by atoms with Gasteiger partial charge in [-0.15, -0.1) is 0 Å². The number of thiocarbonyl (C=S) groups is 1. The van der Waals surface area contributed by atoms with E-state index in [0.29, 0.717) is 49.9 Å². The van der Waals surface area contributed by atoms with Crippen LogP contribution in [0.2, 0.25) is 0 Å². The van der Waals surface area contributed by atoms with Crippen LogP contribution in [0.1, 0.15) is 31.2 Å². The largest absolute Gasteiger partial charge is 0.416 e. The number of aliphatic imine (C=N–C) groups is 2. The van der Waals surface area contributed by atoms with Gasteiger partial charge >= 0.3 is 6.18 Å². The highest BCUT2D eigenvalue weighted by Crippen LogP contribution is 2.32. The van der Waals surface area contributed by atoms with Gasteiger partial charge in [0.25, 0.3) is 0 Å². The molecule has 0 aromatic heterocycles. The summed E-state index contributed by atoms with van der Waals surface area (Å²) >= 11 is 5.19. The number of hydrogen-bond acceptors (Lipinski definition) is 4. The number of carbonyl (C=O) groups is 1. The fourth-order valence-corrected chi connectivity index (χ4v) is 4.57. The van der Waals surface area contributed by atoms with Gasteiger partial charge in [0.2, 0.25) is 5.91 Å². The molecule has 2 aliphatic heterocycles. The van der Waals surface area contributed by atoms with Gasteiger partial charge in [-0.25, -0.2) is 4.99 Å². The molecule has 0 radical (unpaired) electrons. The van der Waals surface area contributed by atoms with E-state index >= 15 is 0 Å². The van der Waals surface area contributed by atoms with Crippen molar-refractivity contribution in [3.05, 3.63) is 54.1 Å². The fourth-order valence-electron chi connectivity index (χ4n) is 4.36. The molecular weight excluding hydrogens is 475 g/mol. The van der Waals surface area contributed by atoms with Crippen molar-refractivity contribution < 1.29 is 18.0 Å². The van der Waals surface area contributed by atoms with E-state index in [-0.39, 0.29) is 11.8 Å². The van der Waals surface area contributed by atoms with Gasteiger partial charge in [-0.2, -0.15) is 13.2 Å². The zero-order valence-corrected chi connectivity index (χ0v) is 20.1. The van der Waals surface area contributed by atoms with E-state index in [1.807, 2.05) is 29.2 Å². The highest BCUT2D eigenvalue weighted by molar-refractivity contribution is 7.80. The summed E-state index contributed by atoms with van der Waals surface area (Å²) in [4.78, 5) is 25.3. The minimum Gasteiger partial charge on any atom is -0.368 e. The molecule has 186 valence electrons. The summed E-state index contributed by atoms with van der Waals surface area (Å²) in [6.45, 7) is 2.73. The highest BCUT2D eigenvalue weighted by atomic mass is 32.1. The van der Waals surface area contributed by atoms with E-state index in [1.54, 1.807) is 11.0 Å². The van der Waals surface area contributed by atoms with E-state index in [9.17, 15) is 18.0 Å². The van der Waals surface area contributed by atoms with E-state index in [4.69, 9.17) is 12.2 Å². The molecule has 6 nitrogen and oxygen atoms in total. The normalized spacial score (nSPS) is 21.1. The first-order valence-electron chi connectivity index (χ1n) is 11.8. The standard InChI is InChI=1S/C25H28F3N5OS/c26-25(27,28)18-7-6-8-19(17-18)32-13-15-33(16-14-32)22(34)11-2-1-5-12-29-23-20-9-3-4-10-21(20)30-24(35)31-23/h3-4,6-10,17,20H,1-2,5,11-16H2,(H,29,31,35). The van der Waals surface area contributed by atoms with Crippen molar-refractivity contribution in [3.8, 4) is 0 Å². The van der Waals surface area contributed by atoms with Crippen LogP contribution in [0.15, 0.2) is 58.6 Å². The number of rotatable bonds is 7. The molecule has 1 unspecified atom stereocenters. The van der Waals surface area contributed by atoms with Crippen molar-refractivity contribution in [2.45, 2.75) is 31.9 Å². The smallest absolute Gasteiger partial charge is 0.368 e. The van der Waals surface area contributed by atoms with Crippen molar-refractivity contribution >= 4 is 40.5 Å². The molecule has 0 spiro atoms. The lowest BCUT2D eigenvalue weighted by Gasteiger charge is -2.36. The Balaban J connectivity index is 1.16. The maximum atomic E-state index is 13.0. The number of nitrogens with one attached hydrogen (secondary N) is 1. The molecule has 0 bridgehead atoms. The second kappa shape index (κ2) is 11.2. The summed E-state index contributed by atoms with van der Waals surface area (Å²) in [5.74, 6) is 0.928. The van der Waals surface area contributed by atoms with Crippen LogP contribution in [0, 0.1) is 5.92 Å². The fraction of sp³-hybridized carbons (Fsp3) is 0.440. The number of carbonyl (C=O) groups excluding carboxylic acids is 1. The first-order valence-corrected chi connectivity index (χ1v) is 12.2. The summed E-state index contributed by atoms with van der Waals surface area (Å²) < 4.78 is 38.9. The third-order valence-electron chi connectivity index (χ3n) is 6.26. The summed E-state index contributed by atoms with van der Waals surface area (Å²) in [5, 5.41) is 3.51. The van der Waals surface area contributed by atoms with Gasteiger partial charge in [-0.1, -0.05) is 30.7 Å². The lowest BCUT2D eigenvalue weighted by Crippen LogP contribution is -2.48. The van der Waals surface area contributed by atoms with Crippen molar-refractivity contribution in [3.63, 3.8) is 0 Å². The Morgan fingerprint density at radius 1 is 1.14 bits per heavy atom. The molecule has 35 heavy (non-hydrogen) atoms. The Labute approximate surface area is 208 Å². The average Bonchev–Trinajstić information content (AvgIpc) is 2.85. The van der Waals surface area contributed by atoms with E-state index in [0.717, 1.165) is 36.9 Å². The quantitative estimate of drug-likeness (QED) is 0.443. The van der Waals surface area contributed by atoms with Crippen LogP contribution >= 0.6 is 12.2 Å². The Morgan fingerprint density at radius 3 is 2.71 bits per heavy atom. The van der Waals surface area contributed by atoms with E-state index in [2.05, 4.69) is 15.3 Å². The number of amidine groups is 1. The molecule has 1 amide bonds. The summed E-state index contributed by atoms with van der Waals surface area (Å²) in [6, 6.07) is 5.35. The zero-order valence-electron chi connectivity index (χ0n) is 19.3. The van der Waals surface area contributed by atoms with E-state index in [1.165, 1.54) is 12.1 Å². The van der Waals surface area contributed by atoms with Crippen LogP contribution in [0.5, 0.6) is 0 Å². The molecule has 3 aliphatic rings. The second-order valence-electron chi connectivity index (χ2n) is 8.68. The Hall–Kier alpha value is -3.01. The van der Waals surface area contributed by atoms with E-state index < -0.39 is 11.7 Å². The highest BCUT2D eigenvalue weighted by Gasteiger charge is 2.31. The summed E-state index contributed by atoms with van der Waals surface area (Å²) in [5.41, 5.74) is 0.787. The molecular formula is C25H28F3N5OS. The first kappa shape index (κ1) is 25.1. The molecule has 1 fully saturated rings. The Morgan fingerprint density at radius 2 is 1.94 bits per heavy atom. The zero-order chi connectivity index (χ0) is 24.8. The number of amides is 1. The van der Waals surface area contributed by atoms with Crippen LogP contribution in [-0.2, 0) is 11.0 Å². The van der Waals surface area contributed by atoms with Gasteiger partial charge in [-0.05, 0) is 49.3 Å². The number of anilines is 1. The third-order valence-corrected chi connectivity index (χ3v) is 6.46. The van der Waals surface area contributed by atoms with Gasteiger partial charge < -0.3 is 15.1 Å². The predicted molar refractivity (Wildman–Crippen MR) is 136 cm³/mol. The van der Waals surface area contributed by atoms with Crippen LogP contribution in [0.3, 0.4) is 0 Å². The average molecular weight is 504 g/mol. The van der Waals surface area contributed by atoms with Gasteiger partial charge in [-0.3, -0.25) is 9.79 Å². The predicted octanol–water partition coefficient (Wildman–Crippen LogP) is 4.38. The van der Waals surface area contributed by atoms with Crippen molar-refractivity contribution in [2.24, 2.45) is 15.9 Å². The topological polar surface area (TPSA) is 60.3 Å². The molecule has 1 N–H and O–H groups in total. The molecule has 0 saturated carbocycles. The molecule has 4 rings (SSSR count). The first-order chi connectivity index (χ1) is 16.8. The SMILES string of the molecule is O=C(CCCCCN=C1NC(=S)N=C2C=CC=CC21)N1CCN(c2cccc(C(F)(F)F)c2)CC1. The number of fused-ring (bicyclic) bond motifs is 1. The second-order valence-corrected chi connectivity index (χ2v) is 9.07. The van der Waals surface area contributed by atoms with Crippen molar-refractivity contribution in [2.75, 3.05) is 37.6 Å². The Kier molecular flexibility index (Phi) is 8.00. The maximum absolute atomic E-state index is 13.0. The lowest BCUT2D eigenvalue weighted by molar-refractivity contribution is -0.137. The number of allylic oxidation sites excluding steroid dienone is 3. The number of nitrogens with zero attached hydrogens (tertiary/aromatic N) is 4. The summed E-state index contributed by atoms with van der Waals surface area (Å²) in [6.07, 6.45) is 6.53. The molecule has 2 heterocycles. The number of benzene rings is 1. The molecule has 1 saturated heterocycles. The van der Waals surface area contributed by atoms with Crippen LogP contribution in [0.4, 0.5) is 18.9 Å². The van der Waals surface area contributed by atoms with Gasteiger partial charge in [0.15, 0.2) is 5.11 Å². The number of alkyl halides is 3. The third kappa shape index (κ3) is 6.56. The monoisotopic (exact) mass is 503 g/mol. The van der Waals surface area contributed by atoms with Crippen molar-refractivity contribution in [1.82, 2.24) is 10.2 Å². The number of piperazine rings is 1. The molecule has 1 aromatic carbocycles. The lowest BCUT2D eigenvalue weighted by atomic mass is 9.96. The molecule has 1 aromatic rings. The van der Waals surface area contributed by atoms with Crippen molar-refractivity contribution in [1.29, 1.82) is 0 Å².